The number of piperidine rings is 1. The van der Waals surface area contributed by atoms with Crippen LogP contribution in [-0.2, 0) is 9.59 Å². The number of carboxylic acids is 1. The molecule has 2 unspecified atom stereocenters. The van der Waals surface area contributed by atoms with Crippen LogP contribution in [0.15, 0.2) is 0 Å². The van der Waals surface area contributed by atoms with E-state index in [4.69, 9.17) is 5.73 Å². The number of amides is 3. The van der Waals surface area contributed by atoms with E-state index < -0.39 is 23.9 Å². The first kappa shape index (κ1) is 17.3. The third-order valence-electron chi connectivity index (χ3n) is 3.60. The van der Waals surface area contributed by atoms with Crippen molar-refractivity contribution in [2.75, 3.05) is 19.6 Å². The Morgan fingerprint density at radius 3 is 2.48 bits per heavy atom. The van der Waals surface area contributed by atoms with E-state index in [1.54, 1.807) is 0 Å². The van der Waals surface area contributed by atoms with Crippen molar-refractivity contribution in [1.82, 2.24) is 9.80 Å². The van der Waals surface area contributed by atoms with Crippen LogP contribution >= 0.6 is 0 Å². The van der Waals surface area contributed by atoms with Gasteiger partial charge in [-0.1, -0.05) is 20.8 Å². The van der Waals surface area contributed by atoms with Gasteiger partial charge >= 0.3 is 12.0 Å². The Labute approximate surface area is 125 Å². The molecule has 0 bridgehead atoms. The highest BCUT2D eigenvalue weighted by molar-refractivity contribution is 5.86. The molecule has 0 aromatic carbocycles. The lowest BCUT2D eigenvalue weighted by molar-refractivity contribution is -0.144. The molecule has 0 aromatic rings. The average Bonchev–Trinajstić information content (AvgIpc) is 2.35. The minimum atomic E-state index is -1.00. The van der Waals surface area contributed by atoms with E-state index >= 15 is 0 Å². The minimum Gasteiger partial charge on any atom is -0.480 e. The van der Waals surface area contributed by atoms with Gasteiger partial charge in [-0.3, -0.25) is 4.79 Å². The van der Waals surface area contributed by atoms with Crippen molar-refractivity contribution in [2.24, 2.45) is 17.6 Å². The number of carbonyl (C=O) groups excluding carboxylic acids is 2. The topological polar surface area (TPSA) is 104 Å². The van der Waals surface area contributed by atoms with Gasteiger partial charge in [0.15, 0.2) is 0 Å². The molecule has 1 heterocycles. The fourth-order valence-corrected chi connectivity index (χ4v) is 2.63. The number of nitrogens with zero attached hydrogens (tertiary/aromatic N) is 2. The van der Waals surface area contributed by atoms with Crippen LogP contribution in [0.25, 0.3) is 0 Å². The minimum absolute atomic E-state index is 0.167. The third kappa shape index (κ3) is 4.91. The molecule has 0 aromatic heterocycles. The SMILES string of the molecule is CC(C)CN(CC(N)=O)C(=O)N1CCC(C)CC1C(=O)O. The van der Waals surface area contributed by atoms with Crippen LogP contribution in [0.3, 0.4) is 0 Å². The second kappa shape index (κ2) is 7.28. The average molecular weight is 299 g/mol. The Morgan fingerprint density at radius 1 is 1.38 bits per heavy atom. The summed E-state index contributed by atoms with van der Waals surface area (Å²) in [4.78, 5) is 37.8. The number of rotatable bonds is 5. The standard InChI is InChI=1S/C14H25N3O4/c1-9(2)7-16(8-12(15)18)14(21)17-5-4-10(3)6-11(17)13(19)20/h9-11H,4-8H2,1-3H3,(H2,15,18)(H,19,20). The molecule has 0 radical (unpaired) electrons. The fourth-order valence-electron chi connectivity index (χ4n) is 2.63. The Morgan fingerprint density at radius 2 is 2.00 bits per heavy atom. The quantitative estimate of drug-likeness (QED) is 0.781. The molecule has 3 amide bonds. The molecule has 120 valence electrons. The molecule has 0 saturated carbocycles. The highest BCUT2D eigenvalue weighted by Crippen LogP contribution is 2.24. The van der Waals surface area contributed by atoms with E-state index in [-0.39, 0.29) is 18.4 Å². The lowest BCUT2D eigenvalue weighted by Gasteiger charge is -2.39. The summed E-state index contributed by atoms with van der Waals surface area (Å²) in [5.41, 5.74) is 5.19. The monoisotopic (exact) mass is 299 g/mol. The lowest BCUT2D eigenvalue weighted by Crippen LogP contribution is -2.56. The fraction of sp³-hybridized carbons (Fsp3) is 0.786. The van der Waals surface area contributed by atoms with Gasteiger partial charge in [0.25, 0.3) is 0 Å². The van der Waals surface area contributed by atoms with E-state index in [0.717, 1.165) is 6.42 Å². The molecule has 21 heavy (non-hydrogen) atoms. The summed E-state index contributed by atoms with van der Waals surface area (Å²) in [5.74, 6) is -1.16. The highest BCUT2D eigenvalue weighted by atomic mass is 16.4. The molecule has 0 aliphatic carbocycles. The van der Waals surface area contributed by atoms with E-state index in [0.29, 0.717) is 19.5 Å². The first-order valence-electron chi connectivity index (χ1n) is 7.29. The maximum atomic E-state index is 12.6. The number of hydrogen-bond donors (Lipinski definition) is 2. The van der Waals surface area contributed by atoms with E-state index in [1.807, 2.05) is 20.8 Å². The predicted molar refractivity (Wildman–Crippen MR) is 77.5 cm³/mol. The summed E-state index contributed by atoms with van der Waals surface area (Å²) >= 11 is 0. The Balaban J connectivity index is 2.89. The van der Waals surface area contributed by atoms with Gasteiger partial charge in [0.2, 0.25) is 5.91 Å². The van der Waals surface area contributed by atoms with Gasteiger partial charge in [-0.2, -0.15) is 0 Å². The van der Waals surface area contributed by atoms with Crippen molar-refractivity contribution >= 4 is 17.9 Å². The summed E-state index contributed by atoms with van der Waals surface area (Å²) in [6.07, 6.45) is 1.20. The van der Waals surface area contributed by atoms with Gasteiger partial charge in [0.1, 0.15) is 12.6 Å². The van der Waals surface area contributed by atoms with Crippen LogP contribution in [0, 0.1) is 11.8 Å². The molecule has 0 spiro atoms. The normalized spacial score (nSPS) is 22.2. The number of primary amides is 1. The van der Waals surface area contributed by atoms with E-state index in [2.05, 4.69) is 0 Å². The Bertz CT molecular complexity index is 411. The van der Waals surface area contributed by atoms with Crippen molar-refractivity contribution < 1.29 is 19.5 Å². The molecule has 7 heteroatoms. The van der Waals surface area contributed by atoms with Gasteiger partial charge in [-0.05, 0) is 24.7 Å². The maximum absolute atomic E-state index is 12.6. The number of likely N-dealkylation sites (tertiary alicyclic amines) is 1. The van der Waals surface area contributed by atoms with Gasteiger partial charge in [0.05, 0.1) is 0 Å². The summed E-state index contributed by atoms with van der Waals surface area (Å²) in [6, 6.07) is -1.24. The van der Waals surface area contributed by atoms with Crippen molar-refractivity contribution in [3.8, 4) is 0 Å². The van der Waals surface area contributed by atoms with Crippen LogP contribution in [0.2, 0.25) is 0 Å². The van der Waals surface area contributed by atoms with Crippen LogP contribution < -0.4 is 5.73 Å². The van der Waals surface area contributed by atoms with Crippen molar-refractivity contribution in [1.29, 1.82) is 0 Å². The molecule has 1 rings (SSSR count). The second-order valence-electron chi connectivity index (χ2n) is 6.20. The molecular formula is C14H25N3O4. The van der Waals surface area contributed by atoms with Gasteiger partial charge < -0.3 is 20.6 Å². The van der Waals surface area contributed by atoms with Crippen molar-refractivity contribution in [3.05, 3.63) is 0 Å². The van der Waals surface area contributed by atoms with E-state index in [9.17, 15) is 19.5 Å². The number of hydrogen-bond acceptors (Lipinski definition) is 3. The summed E-state index contributed by atoms with van der Waals surface area (Å²) < 4.78 is 0. The Kier molecular flexibility index (Phi) is 5.99. The lowest BCUT2D eigenvalue weighted by atomic mass is 9.92. The first-order valence-corrected chi connectivity index (χ1v) is 7.29. The van der Waals surface area contributed by atoms with Crippen LogP contribution in [0.4, 0.5) is 4.79 Å². The summed E-state index contributed by atoms with van der Waals surface area (Å²) in [7, 11) is 0. The van der Waals surface area contributed by atoms with Gasteiger partial charge in [0, 0.05) is 13.1 Å². The number of nitrogens with two attached hydrogens (primary N) is 1. The number of urea groups is 1. The zero-order valence-corrected chi connectivity index (χ0v) is 12.9. The summed E-state index contributed by atoms with van der Waals surface area (Å²) in [6.45, 7) is 6.41. The third-order valence-corrected chi connectivity index (χ3v) is 3.60. The number of aliphatic carboxylic acids is 1. The molecule has 1 fully saturated rings. The van der Waals surface area contributed by atoms with E-state index in [1.165, 1.54) is 9.80 Å². The summed E-state index contributed by atoms with van der Waals surface area (Å²) in [5, 5.41) is 9.32. The molecule has 1 aliphatic heterocycles. The van der Waals surface area contributed by atoms with Crippen LogP contribution in [0.1, 0.15) is 33.6 Å². The van der Waals surface area contributed by atoms with Crippen molar-refractivity contribution in [2.45, 2.75) is 39.7 Å². The molecule has 7 nitrogen and oxygen atoms in total. The second-order valence-corrected chi connectivity index (χ2v) is 6.20. The predicted octanol–water partition coefficient (Wildman–Crippen LogP) is 0.735. The number of carboxylic acid groups (broad SMARTS) is 1. The molecule has 3 N–H and O–H groups in total. The highest BCUT2D eigenvalue weighted by Gasteiger charge is 2.37. The molecule has 1 aliphatic rings. The van der Waals surface area contributed by atoms with Crippen LogP contribution in [0.5, 0.6) is 0 Å². The van der Waals surface area contributed by atoms with Gasteiger partial charge in [-0.15, -0.1) is 0 Å². The molecule has 1 saturated heterocycles. The Hall–Kier alpha value is -1.79. The molecule has 2 atom stereocenters. The van der Waals surface area contributed by atoms with Crippen molar-refractivity contribution in [3.63, 3.8) is 0 Å². The van der Waals surface area contributed by atoms with Gasteiger partial charge in [-0.25, -0.2) is 9.59 Å². The smallest absolute Gasteiger partial charge is 0.326 e. The molecular weight excluding hydrogens is 274 g/mol. The first-order chi connectivity index (χ1) is 9.72. The zero-order chi connectivity index (χ0) is 16.2. The number of carbonyl (C=O) groups is 3. The maximum Gasteiger partial charge on any atom is 0.326 e. The largest absolute Gasteiger partial charge is 0.480 e. The zero-order valence-electron chi connectivity index (χ0n) is 12.9. The van der Waals surface area contributed by atoms with Crippen LogP contribution in [-0.4, -0.2) is 58.5 Å².